The predicted octanol–water partition coefficient (Wildman–Crippen LogP) is 4.43. The summed E-state index contributed by atoms with van der Waals surface area (Å²) in [5, 5.41) is 9.12. The van der Waals surface area contributed by atoms with Crippen LogP contribution in [0.2, 0.25) is 0 Å². The average molecular weight is 357 g/mol. The SMILES string of the molecule is CC1(C(F)(F)F)CCc2nc(-c3cc(F)c(O)c(F)c3)ccc2C1=O. The second-order valence-electron chi connectivity index (χ2n) is 6.14. The third kappa shape index (κ3) is 2.65. The lowest BCUT2D eigenvalue weighted by molar-refractivity contribution is -0.201. The van der Waals surface area contributed by atoms with Gasteiger partial charge in [-0.05, 0) is 44.0 Å². The summed E-state index contributed by atoms with van der Waals surface area (Å²) in [7, 11) is 0. The molecule has 132 valence electrons. The molecular weight excluding hydrogens is 345 g/mol. The number of fused-ring (bicyclic) bond motifs is 1. The van der Waals surface area contributed by atoms with Crippen molar-refractivity contribution in [2.75, 3.05) is 0 Å². The van der Waals surface area contributed by atoms with E-state index in [0.29, 0.717) is 0 Å². The van der Waals surface area contributed by atoms with Gasteiger partial charge in [0.15, 0.2) is 23.2 Å². The topological polar surface area (TPSA) is 50.2 Å². The number of pyridine rings is 1. The lowest BCUT2D eigenvalue weighted by Gasteiger charge is -2.34. The zero-order valence-electron chi connectivity index (χ0n) is 12.9. The molecule has 0 saturated carbocycles. The minimum absolute atomic E-state index is 0.00667. The smallest absolute Gasteiger partial charge is 0.401 e. The van der Waals surface area contributed by atoms with Crippen LogP contribution in [0.25, 0.3) is 11.3 Å². The largest absolute Gasteiger partial charge is 0.503 e. The maximum atomic E-state index is 13.5. The summed E-state index contributed by atoms with van der Waals surface area (Å²) in [6.45, 7) is 0.858. The first-order valence-corrected chi connectivity index (χ1v) is 7.34. The van der Waals surface area contributed by atoms with Crippen molar-refractivity contribution in [2.24, 2.45) is 5.41 Å². The molecule has 1 aliphatic rings. The van der Waals surface area contributed by atoms with Crippen molar-refractivity contribution in [1.82, 2.24) is 4.98 Å². The summed E-state index contributed by atoms with van der Waals surface area (Å²) in [5.74, 6) is -4.56. The number of aromatic hydroxyl groups is 1. The van der Waals surface area contributed by atoms with Crippen LogP contribution in [0.5, 0.6) is 5.75 Å². The Labute approximate surface area is 139 Å². The Balaban J connectivity index is 2.05. The van der Waals surface area contributed by atoms with Crippen LogP contribution in [-0.2, 0) is 6.42 Å². The Morgan fingerprint density at radius 1 is 1.16 bits per heavy atom. The molecule has 1 heterocycles. The number of carbonyl (C=O) groups is 1. The van der Waals surface area contributed by atoms with Crippen LogP contribution < -0.4 is 0 Å². The minimum Gasteiger partial charge on any atom is -0.503 e. The molecule has 0 spiro atoms. The number of alkyl halides is 3. The lowest BCUT2D eigenvalue weighted by Crippen LogP contribution is -2.45. The fraction of sp³-hybridized carbons (Fsp3) is 0.294. The summed E-state index contributed by atoms with van der Waals surface area (Å²) in [6, 6.07) is 4.13. The molecule has 2 aromatic rings. The number of ketones is 1. The summed E-state index contributed by atoms with van der Waals surface area (Å²) < 4.78 is 66.5. The monoisotopic (exact) mass is 357 g/mol. The van der Waals surface area contributed by atoms with Crippen LogP contribution in [0, 0.1) is 17.0 Å². The van der Waals surface area contributed by atoms with Gasteiger partial charge in [-0.15, -0.1) is 0 Å². The van der Waals surface area contributed by atoms with Crippen LogP contribution in [0.15, 0.2) is 24.3 Å². The van der Waals surface area contributed by atoms with Gasteiger partial charge in [-0.1, -0.05) is 0 Å². The molecule has 1 unspecified atom stereocenters. The second-order valence-corrected chi connectivity index (χ2v) is 6.14. The van der Waals surface area contributed by atoms with Crippen LogP contribution in [0.1, 0.15) is 29.4 Å². The van der Waals surface area contributed by atoms with Crippen molar-refractivity contribution < 1.29 is 31.9 Å². The number of benzene rings is 1. The molecule has 1 aromatic heterocycles. The number of hydrogen-bond acceptors (Lipinski definition) is 3. The van der Waals surface area contributed by atoms with Gasteiger partial charge in [0.1, 0.15) is 5.41 Å². The number of aromatic nitrogens is 1. The van der Waals surface area contributed by atoms with Crippen LogP contribution >= 0.6 is 0 Å². The van der Waals surface area contributed by atoms with E-state index in [9.17, 15) is 26.7 Å². The number of phenols is 1. The highest BCUT2D eigenvalue weighted by atomic mass is 19.4. The Morgan fingerprint density at radius 3 is 2.32 bits per heavy atom. The standard InChI is InChI=1S/C17H12F5NO2/c1-16(17(20,21)22)5-4-13-9(15(16)25)2-3-12(23-13)8-6-10(18)14(24)11(19)7-8/h2-3,6-7,24H,4-5H2,1H3. The van der Waals surface area contributed by atoms with Crippen molar-refractivity contribution in [3.8, 4) is 17.0 Å². The number of Topliss-reactive ketones (excluding diaryl/α,β-unsaturated/α-hetero) is 1. The van der Waals surface area contributed by atoms with Gasteiger partial charge in [0.05, 0.1) is 11.4 Å². The first-order chi connectivity index (χ1) is 11.5. The highest BCUT2D eigenvalue weighted by molar-refractivity contribution is 6.03. The third-order valence-corrected chi connectivity index (χ3v) is 4.52. The van der Waals surface area contributed by atoms with Gasteiger partial charge in [-0.3, -0.25) is 9.78 Å². The average Bonchev–Trinajstić information content (AvgIpc) is 2.54. The van der Waals surface area contributed by atoms with Gasteiger partial charge in [0.25, 0.3) is 0 Å². The molecule has 1 atom stereocenters. The van der Waals surface area contributed by atoms with Crippen molar-refractivity contribution >= 4 is 5.78 Å². The maximum Gasteiger partial charge on any atom is 0.401 e. The number of hydrogen-bond donors (Lipinski definition) is 1. The van der Waals surface area contributed by atoms with E-state index in [1.165, 1.54) is 12.1 Å². The fourth-order valence-electron chi connectivity index (χ4n) is 2.82. The van der Waals surface area contributed by atoms with E-state index in [-0.39, 0.29) is 28.9 Å². The number of halogens is 5. The van der Waals surface area contributed by atoms with E-state index < -0.39 is 41.2 Å². The van der Waals surface area contributed by atoms with Crippen molar-refractivity contribution in [2.45, 2.75) is 25.9 Å². The van der Waals surface area contributed by atoms with Gasteiger partial charge in [-0.25, -0.2) is 8.78 Å². The van der Waals surface area contributed by atoms with Gasteiger partial charge >= 0.3 is 6.18 Å². The van der Waals surface area contributed by atoms with Crippen molar-refractivity contribution in [3.05, 3.63) is 47.2 Å². The van der Waals surface area contributed by atoms with Crippen LogP contribution in [0.4, 0.5) is 22.0 Å². The quantitative estimate of drug-likeness (QED) is 0.768. The van der Waals surface area contributed by atoms with E-state index in [1.54, 1.807) is 0 Å². The van der Waals surface area contributed by atoms with Gasteiger partial charge in [-0.2, -0.15) is 13.2 Å². The molecular formula is C17H12F5NO2. The molecule has 3 rings (SSSR count). The number of aryl methyl sites for hydroxylation is 1. The highest BCUT2D eigenvalue weighted by Gasteiger charge is 2.58. The summed E-state index contributed by atoms with van der Waals surface area (Å²) >= 11 is 0. The zero-order chi connectivity index (χ0) is 18.6. The molecule has 0 saturated heterocycles. The van der Waals surface area contributed by atoms with E-state index in [2.05, 4.69) is 4.98 Å². The van der Waals surface area contributed by atoms with Gasteiger partial charge in [0, 0.05) is 11.1 Å². The number of carbonyl (C=O) groups excluding carboxylic acids is 1. The lowest BCUT2D eigenvalue weighted by atomic mass is 9.72. The molecule has 0 amide bonds. The molecule has 8 heteroatoms. The molecule has 1 N–H and O–H groups in total. The molecule has 1 aliphatic carbocycles. The summed E-state index contributed by atoms with van der Waals surface area (Å²) in [6.07, 6.45) is -5.21. The molecule has 0 radical (unpaired) electrons. The predicted molar refractivity (Wildman–Crippen MR) is 78.1 cm³/mol. The minimum atomic E-state index is -4.68. The molecule has 0 fully saturated rings. The fourth-order valence-corrected chi connectivity index (χ4v) is 2.82. The Morgan fingerprint density at radius 2 is 1.76 bits per heavy atom. The Hall–Kier alpha value is -2.51. The molecule has 0 aliphatic heterocycles. The van der Waals surface area contributed by atoms with E-state index >= 15 is 0 Å². The van der Waals surface area contributed by atoms with Gasteiger partial charge < -0.3 is 5.11 Å². The molecule has 3 nitrogen and oxygen atoms in total. The maximum absolute atomic E-state index is 13.5. The Bertz CT molecular complexity index is 855. The number of phenolic OH excluding ortho intramolecular Hbond substituents is 1. The van der Waals surface area contributed by atoms with Gasteiger partial charge in [0.2, 0.25) is 0 Å². The Kier molecular flexibility index (Phi) is 3.81. The van der Waals surface area contributed by atoms with Crippen molar-refractivity contribution in [3.63, 3.8) is 0 Å². The molecule has 0 bridgehead atoms. The number of nitrogens with zero attached hydrogens (tertiary/aromatic N) is 1. The third-order valence-electron chi connectivity index (χ3n) is 4.52. The van der Waals surface area contributed by atoms with Crippen LogP contribution in [0.3, 0.4) is 0 Å². The number of rotatable bonds is 1. The first kappa shape index (κ1) is 17.3. The summed E-state index contributed by atoms with van der Waals surface area (Å²) in [5.41, 5.74) is -2.36. The molecule has 1 aromatic carbocycles. The second kappa shape index (κ2) is 5.50. The van der Waals surface area contributed by atoms with Crippen molar-refractivity contribution in [1.29, 1.82) is 0 Å². The highest BCUT2D eigenvalue weighted by Crippen LogP contribution is 2.47. The zero-order valence-corrected chi connectivity index (χ0v) is 12.9. The van der Waals surface area contributed by atoms with Crippen LogP contribution in [-0.4, -0.2) is 22.1 Å². The van der Waals surface area contributed by atoms with E-state index in [0.717, 1.165) is 19.1 Å². The first-order valence-electron chi connectivity index (χ1n) is 7.34. The van der Waals surface area contributed by atoms with E-state index in [1.807, 2.05) is 0 Å². The normalized spacial score (nSPS) is 20.5. The summed E-state index contributed by atoms with van der Waals surface area (Å²) in [4.78, 5) is 16.4. The molecule has 25 heavy (non-hydrogen) atoms. The van der Waals surface area contributed by atoms with E-state index in [4.69, 9.17) is 5.11 Å².